The molecule has 0 saturated carbocycles. The van der Waals surface area contributed by atoms with Crippen molar-refractivity contribution in [1.29, 1.82) is 0 Å². The Morgan fingerprint density at radius 2 is 2.44 bits per heavy atom. The number of thiocarbonyl (C=S) groups is 1. The van der Waals surface area contributed by atoms with Crippen LogP contribution in [0.15, 0.2) is 28.8 Å². The van der Waals surface area contributed by atoms with Crippen LogP contribution in [0.4, 0.5) is 0 Å². The average molecular weight is 282 g/mol. The van der Waals surface area contributed by atoms with Crippen molar-refractivity contribution in [3.8, 4) is 0 Å². The second-order valence-electron chi connectivity index (χ2n) is 3.88. The zero-order valence-corrected chi connectivity index (χ0v) is 11.6. The predicted molar refractivity (Wildman–Crippen MR) is 75.4 cm³/mol. The topological polar surface area (TPSA) is 50.4 Å². The Morgan fingerprint density at radius 3 is 3.11 bits per heavy atom. The smallest absolute Gasteiger partial charge is 0.337 e. The third-order valence-corrected chi connectivity index (χ3v) is 3.77. The van der Waals surface area contributed by atoms with Gasteiger partial charge >= 0.3 is 5.97 Å². The summed E-state index contributed by atoms with van der Waals surface area (Å²) < 4.78 is 5.25. The molecule has 96 valence electrons. The highest BCUT2D eigenvalue weighted by Gasteiger charge is 2.19. The summed E-state index contributed by atoms with van der Waals surface area (Å²) in [7, 11) is 0. The fourth-order valence-electron chi connectivity index (χ4n) is 1.60. The molecule has 0 aromatic carbocycles. The first-order valence-electron chi connectivity index (χ1n) is 5.61. The average Bonchev–Trinajstić information content (AvgIpc) is 2.81. The summed E-state index contributed by atoms with van der Waals surface area (Å²) in [6.07, 6.45) is 0.759. The van der Waals surface area contributed by atoms with E-state index in [0.29, 0.717) is 23.8 Å². The number of esters is 1. The molecule has 0 saturated heterocycles. The van der Waals surface area contributed by atoms with Gasteiger partial charge in [0.1, 0.15) is 0 Å². The van der Waals surface area contributed by atoms with Crippen LogP contribution in [-0.2, 0) is 16.0 Å². The van der Waals surface area contributed by atoms with Crippen LogP contribution < -0.4 is 10.6 Å². The molecule has 4 nitrogen and oxygen atoms in total. The van der Waals surface area contributed by atoms with E-state index in [-0.39, 0.29) is 5.97 Å². The Morgan fingerprint density at radius 1 is 1.61 bits per heavy atom. The van der Waals surface area contributed by atoms with E-state index in [4.69, 9.17) is 17.0 Å². The first-order valence-corrected chi connectivity index (χ1v) is 6.89. The third-order valence-electron chi connectivity index (χ3n) is 2.59. The number of carbonyl (C=O) groups is 1. The second kappa shape index (κ2) is 5.97. The molecule has 0 spiro atoms. The molecule has 0 unspecified atom stereocenters. The minimum atomic E-state index is -0.286. The standard InChI is InChI=1S/C12H14N2O2S2/c1-8-10(7-13-12(17)14-8)11(15)16-5-4-9-3-2-6-18-9/h2-3,6H,4-5,7H2,1H3,(H2,13,14,17). The maximum atomic E-state index is 11.8. The number of hydrogen-bond acceptors (Lipinski definition) is 4. The lowest BCUT2D eigenvalue weighted by molar-refractivity contribution is -0.139. The zero-order chi connectivity index (χ0) is 13.0. The molecule has 0 radical (unpaired) electrons. The molecule has 0 atom stereocenters. The van der Waals surface area contributed by atoms with E-state index in [1.807, 2.05) is 24.4 Å². The van der Waals surface area contributed by atoms with Gasteiger partial charge in [-0.05, 0) is 30.6 Å². The number of hydrogen-bond donors (Lipinski definition) is 2. The summed E-state index contributed by atoms with van der Waals surface area (Å²) >= 11 is 6.62. The van der Waals surface area contributed by atoms with Gasteiger partial charge in [0.05, 0.1) is 18.7 Å². The Labute approximate surface area is 115 Å². The van der Waals surface area contributed by atoms with Crippen molar-refractivity contribution in [2.24, 2.45) is 0 Å². The Kier molecular flexibility index (Phi) is 4.33. The van der Waals surface area contributed by atoms with Crippen molar-refractivity contribution in [3.05, 3.63) is 33.7 Å². The van der Waals surface area contributed by atoms with Crippen molar-refractivity contribution >= 4 is 34.6 Å². The molecule has 6 heteroatoms. The van der Waals surface area contributed by atoms with E-state index in [0.717, 1.165) is 12.1 Å². The van der Waals surface area contributed by atoms with Crippen LogP contribution in [0.5, 0.6) is 0 Å². The number of ether oxygens (including phenoxy) is 1. The highest BCUT2D eigenvalue weighted by Crippen LogP contribution is 2.11. The van der Waals surface area contributed by atoms with E-state index >= 15 is 0 Å². The number of nitrogens with one attached hydrogen (secondary N) is 2. The fraction of sp³-hybridized carbons (Fsp3) is 0.333. The molecule has 1 aromatic heterocycles. The molecule has 1 aromatic rings. The Hall–Kier alpha value is -1.40. The van der Waals surface area contributed by atoms with Crippen molar-refractivity contribution in [3.63, 3.8) is 0 Å². The molecule has 0 bridgehead atoms. The zero-order valence-electron chi connectivity index (χ0n) is 9.99. The molecule has 0 fully saturated rings. The largest absolute Gasteiger partial charge is 0.462 e. The molecule has 1 aliphatic rings. The van der Waals surface area contributed by atoms with E-state index in [2.05, 4.69) is 10.6 Å². The first-order chi connectivity index (χ1) is 8.66. The molecule has 0 amide bonds. The molecular formula is C12H14N2O2S2. The Bertz CT molecular complexity index is 480. The normalized spacial score (nSPS) is 15.1. The maximum absolute atomic E-state index is 11.8. The summed E-state index contributed by atoms with van der Waals surface area (Å²) in [4.78, 5) is 13.1. The van der Waals surface area contributed by atoms with Gasteiger partial charge < -0.3 is 15.4 Å². The summed E-state index contributed by atoms with van der Waals surface area (Å²) in [5.74, 6) is -0.286. The lowest BCUT2D eigenvalue weighted by Crippen LogP contribution is -2.43. The van der Waals surface area contributed by atoms with Crippen LogP contribution in [0.25, 0.3) is 0 Å². The van der Waals surface area contributed by atoms with E-state index < -0.39 is 0 Å². The third kappa shape index (κ3) is 3.30. The molecule has 2 rings (SSSR count). The van der Waals surface area contributed by atoms with Crippen molar-refractivity contribution in [2.45, 2.75) is 13.3 Å². The van der Waals surface area contributed by atoms with Crippen LogP contribution in [0.3, 0.4) is 0 Å². The van der Waals surface area contributed by atoms with Gasteiger partial charge in [0, 0.05) is 17.0 Å². The van der Waals surface area contributed by atoms with E-state index in [9.17, 15) is 4.79 Å². The van der Waals surface area contributed by atoms with E-state index in [1.165, 1.54) is 4.88 Å². The number of rotatable bonds is 4. The minimum absolute atomic E-state index is 0.286. The number of allylic oxidation sites excluding steroid dienone is 1. The lowest BCUT2D eigenvalue weighted by atomic mass is 10.2. The highest BCUT2D eigenvalue weighted by atomic mass is 32.1. The summed E-state index contributed by atoms with van der Waals surface area (Å²) in [5, 5.41) is 8.38. The molecule has 0 aliphatic carbocycles. The van der Waals surface area contributed by atoms with Gasteiger partial charge in [-0.2, -0.15) is 0 Å². The minimum Gasteiger partial charge on any atom is -0.462 e. The summed E-state index contributed by atoms with van der Waals surface area (Å²) in [6, 6.07) is 4.02. The molecule has 2 heterocycles. The van der Waals surface area contributed by atoms with Crippen molar-refractivity contribution in [1.82, 2.24) is 10.6 Å². The van der Waals surface area contributed by atoms with E-state index in [1.54, 1.807) is 11.3 Å². The lowest BCUT2D eigenvalue weighted by Gasteiger charge is -2.20. The molecule has 2 N–H and O–H groups in total. The summed E-state index contributed by atoms with van der Waals surface area (Å²) in [5.41, 5.74) is 1.37. The monoisotopic (exact) mass is 282 g/mol. The predicted octanol–water partition coefficient (Wildman–Crippen LogP) is 1.59. The van der Waals surface area contributed by atoms with Gasteiger partial charge in [0.15, 0.2) is 5.11 Å². The number of carbonyl (C=O) groups excluding carboxylic acids is 1. The van der Waals surface area contributed by atoms with Crippen LogP contribution in [0.2, 0.25) is 0 Å². The molecular weight excluding hydrogens is 268 g/mol. The highest BCUT2D eigenvalue weighted by molar-refractivity contribution is 7.80. The summed E-state index contributed by atoms with van der Waals surface area (Å²) in [6.45, 7) is 2.65. The van der Waals surface area contributed by atoms with Crippen LogP contribution in [0.1, 0.15) is 11.8 Å². The maximum Gasteiger partial charge on any atom is 0.337 e. The molecule has 18 heavy (non-hydrogen) atoms. The number of thiophene rings is 1. The van der Waals surface area contributed by atoms with Gasteiger partial charge in [0.25, 0.3) is 0 Å². The first kappa shape index (κ1) is 13.0. The fourth-order valence-corrected chi connectivity index (χ4v) is 2.52. The van der Waals surface area contributed by atoms with Gasteiger partial charge in [-0.3, -0.25) is 0 Å². The van der Waals surface area contributed by atoms with Gasteiger partial charge in [0.2, 0.25) is 0 Å². The quantitative estimate of drug-likeness (QED) is 0.649. The van der Waals surface area contributed by atoms with Crippen molar-refractivity contribution in [2.75, 3.05) is 13.2 Å². The second-order valence-corrected chi connectivity index (χ2v) is 5.32. The van der Waals surface area contributed by atoms with Crippen LogP contribution in [0, 0.1) is 0 Å². The Balaban J connectivity index is 1.84. The van der Waals surface area contributed by atoms with Gasteiger partial charge in [-0.25, -0.2) is 4.79 Å². The molecule has 1 aliphatic heterocycles. The van der Waals surface area contributed by atoms with Crippen molar-refractivity contribution < 1.29 is 9.53 Å². The van der Waals surface area contributed by atoms with Gasteiger partial charge in [-0.15, -0.1) is 11.3 Å². The van der Waals surface area contributed by atoms with Crippen LogP contribution >= 0.6 is 23.6 Å². The SMILES string of the molecule is CC1=C(C(=O)OCCc2cccs2)CNC(=S)N1. The van der Waals surface area contributed by atoms with Gasteiger partial charge in [-0.1, -0.05) is 6.07 Å². The van der Waals surface area contributed by atoms with Crippen LogP contribution in [-0.4, -0.2) is 24.2 Å².